The van der Waals surface area contributed by atoms with Crippen LogP contribution in [0.2, 0.25) is 0 Å². The van der Waals surface area contributed by atoms with Crippen LogP contribution in [0.5, 0.6) is 0 Å². The van der Waals surface area contributed by atoms with Gasteiger partial charge in [-0.15, -0.1) is 11.3 Å². The highest BCUT2D eigenvalue weighted by atomic mass is 79.9. The Kier molecular flexibility index (Phi) is 4.37. The maximum atomic E-state index is 12.1. The number of carbonyl (C=O) groups excluding carboxylic acids is 1. The summed E-state index contributed by atoms with van der Waals surface area (Å²) in [5, 5.41) is 2.98. The molecule has 0 aliphatic rings. The van der Waals surface area contributed by atoms with E-state index in [-0.39, 0.29) is 11.9 Å². The molecule has 3 nitrogen and oxygen atoms in total. The van der Waals surface area contributed by atoms with E-state index in [2.05, 4.69) is 46.1 Å². The fourth-order valence-corrected chi connectivity index (χ4v) is 3.33. The maximum absolute atomic E-state index is 12.1. The summed E-state index contributed by atoms with van der Waals surface area (Å²) < 4.78 is 0.662. The van der Waals surface area contributed by atoms with Crippen LogP contribution in [0.4, 0.5) is 0 Å². The van der Waals surface area contributed by atoms with Crippen molar-refractivity contribution >= 4 is 33.2 Å². The fourth-order valence-electron chi connectivity index (χ4n) is 1.96. The number of hydrogen-bond acceptors (Lipinski definition) is 3. The first-order chi connectivity index (χ1) is 8.97. The molecule has 2 aromatic rings. The van der Waals surface area contributed by atoms with Crippen molar-refractivity contribution in [3.05, 3.63) is 49.9 Å². The van der Waals surface area contributed by atoms with Crippen molar-refractivity contribution in [2.45, 2.75) is 26.8 Å². The Bertz CT molecular complexity index is 609. The van der Waals surface area contributed by atoms with Crippen LogP contribution in [0.1, 0.15) is 38.8 Å². The smallest absolute Gasteiger partial charge is 0.270 e. The Morgan fingerprint density at radius 3 is 2.74 bits per heavy atom. The topological polar surface area (TPSA) is 42.0 Å². The number of amides is 1. The highest BCUT2D eigenvalue weighted by Crippen LogP contribution is 2.26. The lowest BCUT2D eigenvalue weighted by Crippen LogP contribution is -2.27. The van der Waals surface area contributed by atoms with Crippen molar-refractivity contribution in [1.82, 2.24) is 10.3 Å². The first-order valence-electron chi connectivity index (χ1n) is 5.97. The van der Waals surface area contributed by atoms with Gasteiger partial charge in [-0.1, -0.05) is 6.07 Å². The van der Waals surface area contributed by atoms with Crippen molar-refractivity contribution in [2.24, 2.45) is 0 Å². The molecule has 1 amide bonds. The number of pyridine rings is 1. The summed E-state index contributed by atoms with van der Waals surface area (Å²) >= 11 is 5.02. The molecule has 1 unspecified atom stereocenters. The monoisotopic (exact) mass is 338 g/mol. The predicted octanol–water partition coefficient (Wildman–Crippen LogP) is 4.01. The van der Waals surface area contributed by atoms with Crippen molar-refractivity contribution in [2.75, 3.05) is 0 Å². The van der Waals surface area contributed by atoms with Crippen LogP contribution in [0.3, 0.4) is 0 Å². The van der Waals surface area contributed by atoms with Crippen LogP contribution in [-0.2, 0) is 0 Å². The van der Waals surface area contributed by atoms with E-state index in [0.29, 0.717) is 10.3 Å². The molecule has 5 heteroatoms. The number of aryl methyl sites for hydroxylation is 2. The van der Waals surface area contributed by atoms with Crippen LogP contribution >= 0.6 is 27.3 Å². The lowest BCUT2D eigenvalue weighted by molar-refractivity contribution is 0.0934. The normalized spacial score (nSPS) is 12.2. The van der Waals surface area contributed by atoms with Crippen LogP contribution in [-0.4, -0.2) is 10.9 Å². The van der Waals surface area contributed by atoms with Crippen LogP contribution in [0.15, 0.2) is 28.9 Å². The van der Waals surface area contributed by atoms with Gasteiger partial charge in [0, 0.05) is 9.75 Å². The molecule has 0 aliphatic carbocycles. The summed E-state index contributed by atoms with van der Waals surface area (Å²) in [5.41, 5.74) is 1.59. The maximum Gasteiger partial charge on any atom is 0.270 e. The lowest BCUT2D eigenvalue weighted by atomic mass is 10.1. The average molecular weight is 339 g/mol. The SMILES string of the molecule is Cc1cc(C(C)NC(=O)c2cccc(Br)n2)c(C)s1. The molecule has 1 N–H and O–H groups in total. The van der Waals surface area contributed by atoms with Gasteiger partial charge >= 0.3 is 0 Å². The molecule has 0 radical (unpaired) electrons. The number of aromatic nitrogens is 1. The number of hydrogen-bond donors (Lipinski definition) is 1. The molecule has 0 fully saturated rings. The predicted molar refractivity (Wildman–Crippen MR) is 81.6 cm³/mol. The third kappa shape index (κ3) is 3.42. The molecule has 0 saturated heterocycles. The van der Waals surface area contributed by atoms with Gasteiger partial charge in [-0.3, -0.25) is 4.79 Å². The summed E-state index contributed by atoms with van der Waals surface area (Å²) in [5.74, 6) is -0.156. The van der Waals surface area contributed by atoms with Crippen molar-refractivity contribution in [1.29, 1.82) is 0 Å². The number of nitrogens with zero attached hydrogens (tertiary/aromatic N) is 1. The minimum absolute atomic E-state index is 0.0155. The van der Waals surface area contributed by atoms with Crippen molar-refractivity contribution in [3.63, 3.8) is 0 Å². The molecule has 0 bridgehead atoms. The second-order valence-corrected chi connectivity index (χ2v) is 6.68. The van der Waals surface area contributed by atoms with Crippen LogP contribution in [0, 0.1) is 13.8 Å². The lowest BCUT2D eigenvalue weighted by Gasteiger charge is -2.13. The zero-order chi connectivity index (χ0) is 14.0. The van der Waals surface area contributed by atoms with Gasteiger partial charge in [-0.2, -0.15) is 0 Å². The number of halogens is 1. The van der Waals surface area contributed by atoms with Gasteiger partial charge in [0.1, 0.15) is 10.3 Å². The molecule has 2 rings (SSSR count). The molecular formula is C14H15BrN2OS. The Labute approximate surface area is 125 Å². The van der Waals surface area contributed by atoms with E-state index in [1.165, 1.54) is 15.3 Å². The third-order valence-electron chi connectivity index (χ3n) is 2.84. The van der Waals surface area contributed by atoms with Gasteiger partial charge in [0.15, 0.2) is 0 Å². The average Bonchev–Trinajstić information content (AvgIpc) is 2.68. The summed E-state index contributed by atoms with van der Waals surface area (Å²) in [6, 6.07) is 7.42. The molecule has 0 saturated carbocycles. The van der Waals surface area contributed by atoms with Crippen molar-refractivity contribution < 1.29 is 4.79 Å². The van der Waals surface area contributed by atoms with Gasteiger partial charge < -0.3 is 5.32 Å². The second-order valence-electron chi connectivity index (χ2n) is 4.41. The van der Waals surface area contributed by atoms with Crippen LogP contribution in [0.25, 0.3) is 0 Å². The summed E-state index contributed by atoms with van der Waals surface area (Å²) in [7, 11) is 0. The first-order valence-corrected chi connectivity index (χ1v) is 7.58. The first kappa shape index (κ1) is 14.2. The minimum Gasteiger partial charge on any atom is -0.344 e. The van der Waals surface area contributed by atoms with E-state index >= 15 is 0 Å². The largest absolute Gasteiger partial charge is 0.344 e. The van der Waals surface area contributed by atoms with E-state index < -0.39 is 0 Å². The minimum atomic E-state index is -0.156. The quantitative estimate of drug-likeness (QED) is 0.859. The molecular weight excluding hydrogens is 324 g/mol. The molecule has 2 aromatic heterocycles. The number of nitrogens with one attached hydrogen (secondary N) is 1. The van der Waals surface area contributed by atoms with Crippen LogP contribution < -0.4 is 5.32 Å². The standard InChI is InChI=1S/C14H15BrN2OS/c1-8-7-11(10(3)19-8)9(2)16-14(18)12-5-4-6-13(15)17-12/h4-7,9H,1-3H3,(H,16,18). The molecule has 100 valence electrons. The van der Waals surface area contributed by atoms with Gasteiger partial charge in [-0.25, -0.2) is 4.98 Å². The Balaban J connectivity index is 2.13. The molecule has 19 heavy (non-hydrogen) atoms. The molecule has 0 aliphatic heterocycles. The van der Waals surface area contributed by atoms with E-state index in [1.807, 2.05) is 6.92 Å². The number of thiophene rings is 1. The van der Waals surface area contributed by atoms with E-state index in [9.17, 15) is 4.79 Å². The van der Waals surface area contributed by atoms with E-state index in [4.69, 9.17) is 0 Å². The second kappa shape index (κ2) is 5.84. The Morgan fingerprint density at radius 1 is 1.42 bits per heavy atom. The molecule has 0 spiro atoms. The summed E-state index contributed by atoms with van der Waals surface area (Å²) in [6.45, 7) is 6.14. The highest BCUT2D eigenvalue weighted by Gasteiger charge is 2.15. The number of carbonyl (C=O) groups is 1. The van der Waals surface area contributed by atoms with Gasteiger partial charge in [0.2, 0.25) is 0 Å². The summed E-state index contributed by atoms with van der Waals surface area (Å²) in [4.78, 5) is 18.8. The fraction of sp³-hybridized carbons (Fsp3) is 0.286. The molecule has 1 atom stereocenters. The Hall–Kier alpha value is -1.20. The number of rotatable bonds is 3. The third-order valence-corrected chi connectivity index (χ3v) is 4.26. The summed E-state index contributed by atoms with van der Waals surface area (Å²) in [6.07, 6.45) is 0. The van der Waals surface area contributed by atoms with Crippen molar-refractivity contribution in [3.8, 4) is 0 Å². The Morgan fingerprint density at radius 2 is 2.16 bits per heavy atom. The van der Waals surface area contributed by atoms with Gasteiger partial charge in [0.05, 0.1) is 6.04 Å². The van der Waals surface area contributed by atoms with Gasteiger partial charge in [0.25, 0.3) is 5.91 Å². The molecule has 2 heterocycles. The van der Waals surface area contributed by atoms with E-state index in [0.717, 1.165) is 0 Å². The molecule has 0 aromatic carbocycles. The highest BCUT2D eigenvalue weighted by molar-refractivity contribution is 9.10. The van der Waals surface area contributed by atoms with Gasteiger partial charge in [-0.05, 0) is 60.5 Å². The zero-order valence-electron chi connectivity index (χ0n) is 11.0. The van der Waals surface area contributed by atoms with E-state index in [1.54, 1.807) is 29.5 Å². The zero-order valence-corrected chi connectivity index (χ0v) is 13.4.